The van der Waals surface area contributed by atoms with Crippen molar-refractivity contribution in [3.05, 3.63) is 0 Å². The first kappa shape index (κ1) is 13.4. The van der Waals surface area contributed by atoms with Crippen LogP contribution in [0.5, 0.6) is 0 Å². The van der Waals surface area contributed by atoms with Gasteiger partial charge >= 0.3 is 5.97 Å². The van der Waals surface area contributed by atoms with E-state index in [9.17, 15) is 9.90 Å². The van der Waals surface area contributed by atoms with Crippen LogP contribution in [0, 0.1) is 0 Å². The van der Waals surface area contributed by atoms with E-state index in [4.69, 9.17) is 9.47 Å². The molecule has 1 heterocycles. The molecular formula is C11H21NO4. The molecule has 2 atom stereocenters. The Kier molecular flexibility index (Phi) is 5.73. The molecule has 94 valence electrons. The molecule has 0 aliphatic carbocycles. The van der Waals surface area contributed by atoms with Gasteiger partial charge in [0.15, 0.2) is 0 Å². The molecule has 0 radical (unpaired) electrons. The van der Waals surface area contributed by atoms with Crippen LogP contribution in [0.2, 0.25) is 0 Å². The lowest BCUT2D eigenvalue weighted by molar-refractivity contribution is -0.145. The second-order valence-electron chi connectivity index (χ2n) is 4.10. The summed E-state index contributed by atoms with van der Waals surface area (Å²) < 4.78 is 10.2. The Morgan fingerprint density at radius 2 is 2.44 bits per heavy atom. The fraction of sp³-hybridized carbons (Fsp3) is 0.909. The number of morpholine rings is 1. The van der Waals surface area contributed by atoms with Crippen molar-refractivity contribution in [3.63, 3.8) is 0 Å². The molecule has 0 bridgehead atoms. The zero-order valence-corrected chi connectivity index (χ0v) is 10.0. The summed E-state index contributed by atoms with van der Waals surface area (Å²) in [6.45, 7) is 6.93. The summed E-state index contributed by atoms with van der Waals surface area (Å²) in [7, 11) is 0. The average Bonchev–Trinajstić information content (AvgIpc) is 2.17. The summed E-state index contributed by atoms with van der Waals surface area (Å²) >= 11 is 0. The Bertz CT molecular complexity index is 222. The number of hydrogen-bond acceptors (Lipinski definition) is 5. The summed E-state index contributed by atoms with van der Waals surface area (Å²) in [5.41, 5.74) is 0. The van der Waals surface area contributed by atoms with Crippen molar-refractivity contribution >= 4 is 5.97 Å². The number of rotatable bonds is 5. The highest BCUT2D eigenvalue weighted by atomic mass is 16.5. The third kappa shape index (κ3) is 4.92. The van der Waals surface area contributed by atoms with Gasteiger partial charge < -0.3 is 14.6 Å². The van der Waals surface area contributed by atoms with Gasteiger partial charge in [-0.2, -0.15) is 0 Å². The normalized spacial score (nSPS) is 24.1. The topological polar surface area (TPSA) is 59.0 Å². The largest absolute Gasteiger partial charge is 0.466 e. The predicted octanol–water partition coefficient (Wildman–Crippen LogP) is 0.0212. The van der Waals surface area contributed by atoms with E-state index in [1.807, 2.05) is 6.92 Å². The number of nitrogens with zero attached hydrogens (tertiary/aromatic N) is 1. The number of carbonyl (C=O) groups excluding carboxylic acids is 1. The van der Waals surface area contributed by atoms with Crippen molar-refractivity contribution in [3.8, 4) is 0 Å². The molecule has 5 heteroatoms. The van der Waals surface area contributed by atoms with Crippen LogP contribution < -0.4 is 0 Å². The van der Waals surface area contributed by atoms with Crippen molar-refractivity contribution < 1.29 is 19.4 Å². The number of hydrogen-bond donors (Lipinski definition) is 1. The Hall–Kier alpha value is -0.650. The molecule has 0 aromatic carbocycles. The fourth-order valence-electron chi connectivity index (χ4n) is 1.83. The molecular weight excluding hydrogens is 210 g/mol. The first-order valence-electron chi connectivity index (χ1n) is 5.79. The van der Waals surface area contributed by atoms with Gasteiger partial charge in [-0.05, 0) is 13.8 Å². The van der Waals surface area contributed by atoms with Gasteiger partial charge in [0, 0.05) is 19.6 Å². The SMILES string of the molecule is CCOC(=O)CC(O)CN1CCOC(C)C1. The van der Waals surface area contributed by atoms with E-state index in [0.29, 0.717) is 19.8 Å². The maximum atomic E-state index is 11.1. The fourth-order valence-corrected chi connectivity index (χ4v) is 1.83. The lowest BCUT2D eigenvalue weighted by atomic mass is 10.2. The number of esters is 1. The molecule has 16 heavy (non-hydrogen) atoms. The molecule has 2 unspecified atom stereocenters. The van der Waals surface area contributed by atoms with Crippen molar-refractivity contribution in [2.24, 2.45) is 0 Å². The van der Waals surface area contributed by atoms with Crippen LogP contribution >= 0.6 is 0 Å². The second kappa shape index (κ2) is 6.83. The summed E-state index contributed by atoms with van der Waals surface area (Å²) in [5.74, 6) is -0.337. The maximum Gasteiger partial charge on any atom is 0.308 e. The van der Waals surface area contributed by atoms with Crippen LogP contribution in [-0.2, 0) is 14.3 Å². The van der Waals surface area contributed by atoms with E-state index in [1.165, 1.54) is 0 Å². The van der Waals surface area contributed by atoms with Gasteiger partial charge in [-0.1, -0.05) is 0 Å². The third-order valence-corrected chi connectivity index (χ3v) is 2.50. The summed E-state index contributed by atoms with van der Waals surface area (Å²) in [5, 5.41) is 9.70. The van der Waals surface area contributed by atoms with Crippen LogP contribution in [0.15, 0.2) is 0 Å². The monoisotopic (exact) mass is 231 g/mol. The minimum Gasteiger partial charge on any atom is -0.466 e. The molecule has 0 saturated carbocycles. The van der Waals surface area contributed by atoms with E-state index in [0.717, 1.165) is 13.1 Å². The molecule has 1 fully saturated rings. The molecule has 1 aliphatic rings. The van der Waals surface area contributed by atoms with Crippen LogP contribution in [0.25, 0.3) is 0 Å². The standard InChI is InChI=1S/C11H21NO4/c1-3-15-11(14)6-10(13)8-12-4-5-16-9(2)7-12/h9-10,13H,3-8H2,1-2H3. The maximum absolute atomic E-state index is 11.1. The van der Waals surface area contributed by atoms with Crippen molar-refractivity contribution in [2.75, 3.05) is 32.8 Å². The lowest BCUT2D eigenvalue weighted by Gasteiger charge is -2.32. The van der Waals surface area contributed by atoms with E-state index >= 15 is 0 Å². The summed E-state index contributed by atoms with van der Waals surface area (Å²) in [6.07, 6.45) is -0.382. The minimum absolute atomic E-state index is 0.0690. The second-order valence-corrected chi connectivity index (χ2v) is 4.10. The summed E-state index contributed by atoms with van der Waals surface area (Å²) in [4.78, 5) is 13.2. The molecule has 0 spiro atoms. The van der Waals surface area contributed by atoms with Crippen molar-refractivity contribution in [2.45, 2.75) is 32.5 Å². The van der Waals surface area contributed by atoms with E-state index in [-0.39, 0.29) is 18.5 Å². The van der Waals surface area contributed by atoms with Gasteiger partial charge in [0.25, 0.3) is 0 Å². The Labute approximate surface area is 96.3 Å². The van der Waals surface area contributed by atoms with E-state index in [2.05, 4.69) is 4.90 Å². The van der Waals surface area contributed by atoms with Gasteiger partial charge in [0.1, 0.15) is 0 Å². The zero-order chi connectivity index (χ0) is 12.0. The third-order valence-electron chi connectivity index (χ3n) is 2.50. The Morgan fingerprint density at radius 3 is 3.06 bits per heavy atom. The van der Waals surface area contributed by atoms with Gasteiger partial charge in [0.05, 0.1) is 31.8 Å². The summed E-state index contributed by atoms with van der Waals surface area (Å²) in [6, 6.07) is 0. The average molecular weight is 231 g/mol. The molecule has 0 aromatic heterocycles. The number of aliphatic hydroxyl groups excluding tert-OH is 1. The van der Waals surface area contributed by atoms with Crippen LogP contribution in [-0.4, -0.2) is 61.0 Å². The minimum atomic E-state index is -0.649. The van der Waals surface area contributed by atoms with Crippen LogP contribution in [0.3, 0.4) is 0 Å². The highest BCUT2D eigenvalue weighted by Crippen LogP contribution is 2.06. The Morgan fingerprint density at radius 1 is 1.69 bits per heavy atom. The molecule has 1 N–H and O–H groups in total. The number of carbonyl (C=O) groups is 1. The van der Waals surface area contributed by atoms with Gasteiger partial charge in [-0.3, -0.25) is 9.69 Å². The number of β-amino-alcohol motifs (C(OH)–C–C–N with tert-alkyl or cyclic N) is 1. The highest BCUT2D eigenvalue weighted by Gasteiger charge is 2.20. The zero-order valence-electron chi connectivity index (χ0n) is 10.0. The van der Waals surface area contributed by atoms with E-state index < -0.39 is 6.10 Å². The quantitative estimate of drug-likeness (QED) is 0.676. The van der Waals surface area contributed by atoms with Crippen molar-refractivity contribution in [1.29, 1.82) is 0 Å². The number of aliphatic hydroxyl groups is 1. The molecule has 0 amide bonds. The molecule has 1 rings (SSSR count). The molecule has 0 aromatic rings. The predicted molar refractivity (Wildman–Crippen MR) is 59.1 cm³/mol. The van der Waals surface area contributed by atoms with Gasteiger partial charge in [0.2, 0.25) is 0 Å². The van der Waals surface area contributed by atoms with Gasteiger partial charge in [-0.15, -0.1) is 0 Å². The first-order valence-corrected chi connectivity index (χ1v) is 5.79. The highest BCUT2D eigenvalue weighted by molar-refractivity contribution is 5.69. The van der Waals surface area contributed by atoms with Crippen LogP contribution in [0.4, 0.5) is 0 Å². The lowest BCUT2D eigenvalue weighted by Crippen LogP contribution is -2.44. The molecule has 1 aliphatic heterocycles. The Balaban J connectivity index is 2.22. The van der Waals surface area contributed by atoms with Crippen molar-refractivity contribution in [1.82, 2.24) is 4.90 Å². The number of ether oxygens (including phenoxy) is 2. The smallest absolute Gasteiger partial charge is 0.308 e. The van der Waals surface area contributed by atoms with Gasteiger partial charge in [-0.25, -0.2) is 0 Å². The molecule has 5 nitrogen and oxygen atoms in total. The van der Waals surface area contributed by atoms with E-state index in [1.54, 1.807) is 6.92 Å². The van der Waals surface area contributed by atoms with Crippen LogP contribution in [0.1, 0.15) is 20.3 Å². The first-order chi connectivity index (χ1) is 7.61. The molecule has 1 saturated heterocycles.